The van der Waals surface area contributed by atoms with Crippen LogP contribution >= 0.6 is 0 Å². The third-order valence-corrected chi connectivity index (χ3v) is 6.34. The van der Waals surface area contributed by atoms with Crippen molar-refractivity contribution in [2.24, 2.45) is 10.9 Å². The van der Waals surface area contributed by atoms with E-state index in [0.717, 1.165) is 6.42 Å². The van der Waals surface area contributed by atoms with Crippen LogP contribution < -0.4 is 10.6 Å². The molecule has 1 saturated heterocycles. The molecule has 11 heteroatoms. The van der Waals surface area contributed by atoms with E-state index in [9.17, 15) is 21.6 Å². The average Bonchev–Trinajstić information content (AvgIpc) is 2.57. The monoisotopic (exact) mass is 429 g/mol. The van der Waals surface area contributed by atoms with Crippen molar-refractivity contribution in [2.45, 2.75) is 57.6 Å². The molecule has 1 rings (SSSR count). The van der Waals surface area contributed by atoms with Crippen LogP contribution in [0.1, 0.15) is 40.0 Å². The van der Waals surface area contributed by atoms with Crippen LogP contribution in [0.15, 0.2) is 4.99 Å². The van der Waals surface area contributed by atoms with Gasteiger partial charge in [0.1, 0.15) is 0 Å². The number of likely N-dealkylation sites (N-methyl/N-ethyl adjacent to an activating group) is 1. The lowest BCUT2D eigenvalue weighted by Crippen LogP contribution is -2.51. The van der Waals surface area contributed by atoms with Gasteiger partial charge in [0.2, 0.25) is 0 Å². The molecule has 0 bridgehead atoms. The van der Waals surface area contributed by atoms with Crippen LogP contribution in [-0.2, 0) is 10.0 Å². The fraction of sp³-hybridized carbons (Fsp3) is 0.941. The topological polar surface area (TPSA) is 77.0 Å². The zero-order valence-corrected chi connectivity index (χ0v) is 18.2. The van der Waals surface area contributed by atoms with Crippen LogP contribution in [0.2, 0.25) is 0 Å². The summed E-state index contributed by atoms with van der Waals surface area (Å²) in [5, 5.41) is 6.38. The van der Waals surface area contributed by atoms with Crippen molar-refractivity contribution in [3.05, 3.63) is 0 Å². The molecule has 0 aromatic rings. The Labute approximate surface area is 166 Å². The molecule has 2 N–H and O–H groups in total. The van der Waals surface area contributed by atoms with E-state index in [1.807, 2.05) is 21.0 Å². The molecule has 1 atom stereocenters. The van der Waals surface area contributed by atoms with E-state index in [1.165, 1.54) is 0 Å². The Morgan fingerprint density at radius 2 is 1.82 bits per heavy atom. The molecule has 1 fully saturated rings. The van der Waals surface area contributed by atoms with Crippen molar-refractivity contribution in [3.63, 3.8) is 0 Å². The summed E-state index contributed by atoms with van der Waals surface area (Å²) < 4.78 is 61.6. The molecule has 0 aromatic carbocycles. The maximum absolute atomic E-state index is 12.7. The number of rotatable bonds is 8. The number of sulfonamides is 1. The summed E-state index contributed by atoms with van der Waals surface area (Å²) in [6, 6.07) is 0.162. The summed E-state index contributed by atoms with van der Waals surface area (Å²) >= 11 is 0. The van der Waals surface area contributed by atoms with Gasteiger partial charge in [0, 0.05) is 31.7 Å². The van der Waals surface area contributed by atoms with Crippen LogP contribution in [0.4, 0.5) is 13.2 Å². The third-order valence-electron chi connectivity index (χ3n) is 4.71. The first-order valence-electron chi connectivity index (χ1n) is 9.66. The second kappa shape index (κ2) is 10.6. The van der Waals surface area contributed by atoms with Gasteiger partial charge in [-0.15, -0.1) is 0 Å². The van der Waals surface area contributed by atoms with Gasteiger partial charge in [0.15, 0.2) is 5.96 Å². The zero-order valence-electron chi connectivity index (χ0n) is 17.4. The van der Waals surface area contributed by atoms with E-state index in [4.69, 9.17) is 0 Å². The summed E-state index contributed by atoms with van der Waals surface area (Å²) in [5.41, 5.74) is -5.25. The standard InChI is InChI=1S/C17H34F3N5O2S/c1-6-21-16(22-12-15(24(4)5)11-13(2)3)23-14-7-9-25(10-8-14)28(26,27)17(18,19)20/h13-15H,6-12H2,1-5H3,(H2,21,22,23). The third kappa shape index (κ3) is 7.40. The van der Waals surface area contributed by atoms with Crippen molar-refractivity contribution in [1.82, 2.24) is 19.8 Å². The van der Waals surface area contributed by atoms with Gasteiger partial charge >= 0.3 is 15.5 Å². The Bertz CT molecular complexity index is 600. The molecular weight excluding hydrogens is 395 g/mol. The highest BCUT2D eigenvalue weighted by molar-refractivity contribution is 7.90. The molecule has 166 valence electrons. The summed E-state index contributed by atoms with van der Waals surface area (Å²) in [7, 11) is -1.22. The minimum absolute atomic E-state index is 0.125. The molecule has 0 spiro atoms. The number of nitrogens with one attached hydrogen (secondary N) is 2. The van der Waals surface area contributed by atoms with Gasteiger partial charge in [-0.25, -0.2) is 8.42 Å². The van der Waals surface area contributed by atoms with Crippen LogP contribution in [-0.4, -0.2) is 81.4 Å². The molecular formula is C17H34F3N5O2S. The first kappa shape index (κ1) is 25.0. The SMILES string of the molecule is CCNC(=NCC(CC(C)C)N(C)C)NC1CCN(S(=O)(=O)C(F)(F)F)CC1. The molecule has 28 heavy (non-hydrogen) atoms. The van der Waals surface area contributed by atoms with Gasteiger partial charge in [-0.3, -0.25) is 4.99 Å². The summed E-state index contributed by atoms with van der Waals surface area (Å²) in [6.07, 6.45) is 1.59. The summed E-state index contributed by atoms with van der Waals surface area (Å²) in [4.78, 5) is 6.76. The fourth-order valence-corrected chi connectivity index (χ4v) is 4.07. The van der Waals surface area contributed by atoms with E-state index in [0.29, 0.717) is 42.1 Å². The molecule has 0 amide bonds. The van der Waals surface area contributed by atoms with Gasteiger partial charge in [0.25, 0.3) is 0 Å². The number of halogens is 3. The molecule has 1 heterocycles. The fourth-order valence-electron chi connectivity index (χ4n) is 3.09. The van der Waals surface area contributed by atoms with Gasteiger partial charge < -0.3 is 15.5 Å². The first-order valence-corrected chi connectivity index (χ1v) is 11.1. The first-order chi connectivity index (χ1) is 12.9. The van der Waals surface area contributed by atoms with Crippen molar-refractivity contribution in [3.8, 4) is 0 Å². The van der Waals surface area contributed by atoms with Crippen LogP contribution in [0.25, 0.3) is 0 Å². The van der Waals surface area contributed by atoms with Gasteiger partial charge in [0.05, 0.1) is 6.54 Å². The zero-order chi connectivity index (χ0) is 21.5. The number of aliphatic imine (C=N–C) groups is 1. The second-order valence-corrected chi connectivity index (χ2v) is 9.66. The van der Waals surface area contributed by atoms with Gasteiger partial charge in [-0.1, -0.05) is 13.8 Å². The molecule has 1 aliphatic heterocycles. The van der Waals surface area contributed by atoms with Gasteiger partial charge in [-0.05, 0) is 46.2 Å². The molecule has 0 radical (unpaired) electrons. The number of alkyl halides is 3. The predicted octanol–water partition coefficient (Wildman–Crippen LogP) is 1.83. The largest absolute Gasteiger partial charge is 0.511 e. The van der Waals surface area contributed by atoms with E-state index in [2.05, 4.69) is 34.4 Å². The molecule has 1 unspecified atom stereocenters. The Morgan fingerprint density at radius 3 is 2.25 bits per heavy atom. The molecule has 0 aromatic heterocycles. The van der Waals surface area contributed by atoms with Crippen LogP contribution in [0.3, 0.4) is 0 Å². The Balaban J connectivity index is 2.68. The highest BCUT2D eigenvalue weighted by Gasteiger charge is 2.50. The Kier molecular flexibility index (Phi) is 9.48. The molecule has 1 aliphatic rings. The van der Waals surface area contributed by atoms with Crippen LogP contribution in [0.5, 0.6) is 0 Å². The molecule has 7 nitrogen and oxygen atoms in total. The lowest BCUT2D eigenvalue weighted by molar-refractivity contribution is -0.0494. The predicted molar refractivity (Wildman–Crippen MR) is 106 cm³/mol. The van der Waals surface area contributed by atoms with E-state index in [-0.39, 0.29) is 25.2 Å². The van der Waals surface area contributed by atoms with Crippen molar-refractivity contribution >= 4 is 16.0 Å². The maximum Gasteiger partial charge on any atom is 0.511 e. The Morgan fingerprint density at radius 1 is 1.25 bits per heavy atom. The number of piperidine rings is 1. The number of guanidine groups is 1. The molecule has 0 aliphatic carbocycles. The van der Waals surface area contributed by atoms with Gasteiger partial charge in [-0.2, -0.15) is 17.5 Å². The van der Waals surface area contributed by atoms with Crippen LogP contribution in [0, 0.1) is 5.92 Å². The normalized spacial score (nSPS) is 19.3. The number of hydrogen-bond acceptors (Lipinski definition) is 4. The number of hydrogen-bond donors (Lipinski definition) is 2. The van der Waals surface area contributed by atoms with Crippen molar-refractivity contribution in [1.29, 1.82) is 0 Å². The minimum Gasteiger partial charge on any atom is -0.357 e. The summed E-state index contributed by atoms with van der Waals surface area (Å²) in [6.45, 7) is 7.19. The highest BCUT2D eigenvalue weighted by Crippen LogP contribution is 2.28. The Hall–Kier alpha value is -1.07. The average molecular weight is 430 g/mol. The van der Waals surface area contributed by atoms with Crippen molar-refractivity contribution < 1.29 is 21.6 Å². The van der Waals surface area contributed by atoms with Crippen molar-refractivity contribution in [2.75, 3.05) is 40.3 Å². The second-order valence-electron chi connectivity index (χ2n) is 7.74. The maximum atomic E-state index is 12.7. The quantitative estimate of drug-likeness (QED) is 0.455. The minimum atomic E-state index is -5.25. The van der Waals surface area contributed by atoms with E-state index in [1.54, 1.807) is 0 Å². The molecule has 0 saturated carbocycles. The lowest BCUT2D eigenvalue weighted by Gasteiger charge is -2.32. The van der Waals surface area contributed by atoms with E-state index >= 15 is 0 Å². The van der Waals surface area contributed by atoms with E-state index < -0.39 is 15.5 Å². The highest BCUT2D eigenvalue weighted by atomic mass is 32.2. The number of nitrogens with zero attached hydrogens (tertiary/aromatic N) is 3. The summed E-state index contributed by atoms with van der Waals surface area (Å²) in [5.74, 6) is 1.15. The lowest BCUT2D eigenvalue weighted by atomic mass is 10.0. The smallest absolute Gasteiger partial charge is 0.357 e.